The van der Waals surface area contributed by atoms with E-state index in [0.29, 0.717) is 0 Å². The van der Waals surface area contributed by atoms with Crippen LogP contribution in [-0.4, -0.2) is 12.5 Å². The maximum atomic E-state index is 12.9. The molecule has 2 aromatic carbocycles. The number of carbonyl (C=O) groups is 1. The normalized spacial score (nSPS) is 14.5. The lowest BCUT2D eigenvalue weighted by molar-refractivity contribution is 0.0985. The standard InChI is InChI=1S/C20H24N2O/c1-20(2,3)15-11-9-14(10-12-15)19(23)22-13-5-6-16-17(21)7-4-8-18(16)22/h4,7-12H,5-6,13,21H2,1-3H3. The first kappa shape index (κ1) is 15.6. The molecule has 1 aliphatic rings. The Bertz CT molecular complexity index is 726. The Morgan fingerprint density at radius 2 is 1.78 bits per heavy atom. The summed E-state index contributed by atoms with van der Waals surface area (Å²) in [7, 11) is 0. The van der Waals surface area contributed by atoms with Crippen molar-refractivity contribution >= 4 is 17.3 Å². The molecule has 1 heterocycles. The highest BCUT2D eigenvalue weighted by Crippen LogP contribution is 2.32. The molecule has 0 aromatic heterocycles. The van der Waals surface area contributed by atoms with E-state index in [1.54, 1.807) is 0 Å². The quantitative estimate of drug-likeness (QED) is 0.804. The molecule has 120 valence electrons. The average molecular weight is 308 g/mol. The maximum absolute atomic E-state index is 12.9. The molecule has 0 radical (unpaired) electrons. The predicted molar refractivity (Wildman–Crippen MR) is 96.0 cm³/mol. The summed E-state index contributed by atoms with van der Waals surface area (Å²) in [5, 5.41) is 0. The Morgan fingerprint density at radius 3 is 2.43 bits per heavy atom. The Hall–Kier alpha value is -2.29. The first-order valence-corrected chi connectivity index (χ1v) is 8.18. The molecule has 0 atom stereocenters. The van der Waals surface area contributed by atoms with Gasteiger partial charge in [0.05, 0.1) is 0 Å². The van der Waals surface area contributed by atoms with E-state index >= 15 is 0 Å². The number of fused-ring (bicyclic) bond motifs is 1. The van der Waals surface area contributed by atoms with E-state index in [0.717, 1.165) is 41.9 Å². The second kappa shape index (κ2) is 5.73. The Labute approximate surface area is 138 Å². The van der Waals surface area contributed by atoms with Crippen molar-refractivity contribution in [1.29, 1.82) is 0 Å². The molecule has 2 aromatic rings. The van der Waals surface area contributed by atoms with Crippen molar-refractivity contribution in [3.8, 4) is 0 Å². The van der Waals surface area contributed by atoms with Crippen LogP contribution in [0.4, 0.5) is 11.4 Å². The molecule has 2 N–H and O–H groups in total. The zero-order valence-corrected chi connectivity index (χ0v) is 14.1. The monoisotopic (exact) mass is 308 g/mol. The van der Waals surface area contributed by atoms with E-state index in [1.165, 1.54) is 5.56 Å². The van der Waals surface area contributed by atoms with Gasteiger partial charge in [-0.25, -0.2) is 0 Å². The van der Waals surface area contributed by atoms with Crippen LogP contribution in [0.15, 0.2) is 42.5 Å². The van der Waals surface area contributed by atoms with Gasteiger partial charge in [-0.2, -0.15) is 0 Å². The number of nitrogens with zero attached hydrogens (tertiary/aromatic N) is 1. The van der Waals surface area contributed by atoms with Crippen molar-refractivity contribution in [3.05, 3.63) is 59.2 Å². The fourth-order valence-corrected chi connectivity index (χ4v) is 3.13. The summed E-state index contributed by atoms with van der Waals surface area (Å²) in [6, 6.07) is 13.8. The van der Waals surface area contributed by atoms with Gasteiger partial charge in [0.2, 0.25) is 0 Å². The van der Waals surface area contributed by atoms with Crippen molar-refractivity contribution < 1.29 is 4.79 Å². The Kier molecular flexibility index (Phi) is 3.88. The molecule has 23 heavy (non-hydrogen) atoms. The Morgan fingerprint density at radius 1 is 1.09 bits per heavy atom. The minimum Gasteiger partial charge on any atom is -0.398 e. The molecule has 1 aliphatic heterocycles. The maximum Gasteiger partial charge on any atom is 0.258 e. The minimum absolute atomic E-state index is 0.0528. The number of anilines is 2. The third-order valence-corrected chi connectivity index (χ3v) is 4.53. The fraction of sp³-hybridized carbons (Fsp3) is 0.350. The second-order valence-corrected chi connectivity index (χ2v) is 7.23. The summed E-state index contributed by atoms with van der Waals surface area (Å²) < 4.78 is 0. The van der Waals surface area contributed by atoms with Gasteiger partial charge in [-0.15, -0.1) is 0 Å². The lowest BCUT2D eigenvalue weighted by Crippen LogP contribution is -2.35. The van der Waals surface area contributed by atoms with Crippen LogP contribution in [0.5, 0.6) is 0 Å². The van der Waals surface area contributed by atoms with Gasteiger partial charge >= 0.3 is 0 Å². The van der Waals surface area contributed by atoms with Crippen molar-refractivity contribution in [2.45, 2.75) is 39.0 Å². The van der Waals surface area contributed by atoms with Gasteiger partial charge in [0.1, 0.15) is 0 Å². The largest absolute Gasteiger partial charge is 0.398 e. The van der Waals surface area contributed by atoms with Gasteiger partial charge in [0, 0.05) is 23.5 Å². The molecular weight excluding hydrogens is 284 g/mol. The highest BCUT2D eigenvalue weighted by molar-refractivity contribution is 6.07. The minimum atomic E-state index is 0.0528. The van der Waals surface area contributed by atoms with E-state index in [9.17, 15) is 4.79 Å². The van der Waals surface area contributed by atoms with E-state index in [1.807, 2.05) is 35.2 Å². The van der Waals surface area contributed by atoms with Gasteiger partial charge in [0.25, 0.3) is 5.91 Å². The smallest absolute Gasteiger partial charge is 0.258 e. The molecule has 0 fully saturated rings. The number of amides is 1. The van der Waals surface area contributed by atoms with Gasteiger partial charge in [-0.1, -0.05) is 39.0 Å². The molecular formula is C20H24N2O. The van der Waals surface area contributed by atoms with Crippen LogP contribution < -0.4 is 10.6 Å². The van der Waals surface area contributed by atoms with E-state index < -0.39 is 0 Å². The van der Waals surface area contributed by atoms with E-state index in [4.69, 9.17) is 5.73 Å². The molecule has 3 heteroatoms. The number of nitrogens with two attached hydrogens (primary N) is 1. The molecule has 3 rings (SSSR count). The van der Waals surface area contributed by atoms with Crippen molar-refractivity contribution in [1.82, 2.24) is 0 Å². The molecule has 0 spiro atoms. The van der Waals surface area contributed by atoms with Gasteiger partial charge in [-0.05, 0) is 53.6 Å². The summed E-state index contributed by atoms with van der Waals surface area (Å²) >= 11 is 0. The molecule has 3 nitrogen and oxygen atoms in total. The first-order chi connectivity index (χ1) is 10.9. The van der Waals surface area contributed by atoms with Crippen LogP contribution in [0, 0.1) is 0 Å². The van der Waals surface area contributed by atoms with Crippen LogP contribution in [0.1, 0.15) is 48.7 Å². The third kappa shape index (κ3) is 2.96. The number of nitrogen functional groups attached to an aromatic ring is 1. The summed E-state index contributed by atoms with van der Waals surface area (Å²) in [5.41, 5.74) is 11.0. The van der Waals surface area contributed by atoms with Gasteiger partial charge < -0.3 is 10.6 Å². The van der Waals surface area contributed by atoms with Crippen molar-refractivity contribution in [2.24, 2.45) is 0 Å². The topological polar surface area (TPSA) is 46.3 Å². The lowest BCUT2D eigenvalue weighted by Gasteiger charge is -2.30. The molecule has 0 saturated carbocycles. The number of hydrogen-bond donors (Lipinski definition) is 1. The average Bonchev–Trinajstić information content (AvgIpc) is 2.53. The first-order valence-electron chi connectivity index (χ1n) is 8.18. The van der Waals surface area contributed by atoms with E-state index in [2.05, 4.69) is 32.9 Å². The molecule has 0 unspecified atom stereocenters. The van der Waals surface area contributed by atoms with Crippen LogP contribution >= 0.6 is 0 Å². The summed E-state index contributed by atoms with van der Waals surface area (Å²) in [6.45, 7) is 7.27. The Balaban J connectivity index is 1.92. The summed E-state index contributed by atoms with van der Waals surface area (Å²) in [6.07, 6.45) is 1.89. The van der Waals surface area contributed by atoms with Crippen LogP contribution in [0.25, 0.3) is 0 Å². The van der Waals surface area contributed by atoms with Crippen molar-refractivity contribution in [2.75, 3.05) is 17.2 Å². The molecule has 0 aliphatic carbocycles. The highest BCUT2D eigenvalue weighted by atomic mass is 16.2. The van der Waals surface area contributed by atoms with Crippen molar-refractivity contribution in [3.63, 3.8) is 0 Å². The van der Waals surface area contributed by atoms with Crippen LogP contribution in [0.3, 0.4) is 0 Å². The summed E-state index contributed by atoms with van der Waals surface area (Å²) in [4.78, 5) is 14.8. The number of hydrogen-bond acceptors (Lipinski definition) is 2. The molecule has 1 amide bonds. The summed E-state index contributed by atoms with van der Waals surface area (Å²) in [5.74, 6) is 0.0528. The lowest BCUT2D eigenvalue weighted by atomic mass is 9.86. The van der Waals surface area contributed by atoms with Gasteiger partial charge in [-0.3, -0.25) is 4.79 Å². The molecule has 0 saturated heterocycles. The van der Waals surface area contributed by atoms with Crippen LogP contribution in [-0.2, 0) is 11.8 Å². The van der Waals surface area contributed by atoms with E-state index in [-0.39, 0.29) is 11.3 Å². The van der Waals surface area contributed by atoms with Gasteiger partial charge in [0.15, 0.2) is 0 Å². The fourth-order valence-electron chi connectivity index (χ4n) is 3.13. The number of benzene rings is 2. The third-order valence-electron chi connectivity index (χ3n) is 4.53. The molecule has 0 bridgehead atoms. The zero-order valence-electron chi connectivity index (χ0n) is 14.1. The highest BCUT2D eigenvalue weighted by Gasteiger charge is 2.25. The number of carbonyl (C=O) groups excluding carboxylic acids is 1. The van der Waals surface area contributed by atoms with Crippen LogP contribution in [0.2, 0.25) is 0 Å². The number of rotatable bonds is 1. The predicted octanol–water partition coefficient (Wildman–Crippen LogP) is 4.16. The zero-order chi connectivity index (χ0) is 16.6. The SMILES string of the molecule is CC(C)(C)c1ccc(C(=O)N2CCCc3c(N)cccc32)cc1. The second-order valence-electron chi connectivity index (χ2n) is 7.23.